The molecule has 24 heavy (non-hydrogen) atoms. The van der Waals surface area contributed by atoms with Crippen LogP contribution in [0.15, 0.2) is 24.3 Å². The van der Waals surface area contributed by atoms with Crippen molar-refractivity contribution in [3.8, 4) is 11.5 Å². The third kappa shape index (κ3) is 2.12. The van der Waals surface area contributed by atoms with Crippen LogP contribution >= 0.6 is 0 Å². The van der Waals surface area contributed by atoms with Gasteiger partial charge in [0.05, 0.1) is 38.3 Å². The average molecular weight is 330 g/mol. The van der Waals surface area contributed by atoms with Gasteiger partial charge in [0.2, 0.25) is 0 Å². The van der Waals surface area contributed by atoms with Crippen LogP contribution in [0.25, 0.3) is 0 Å². The number of nitrogens with zero attached hydrogens (tertiary/aromatic N) is 1. The van der Waals surface area contributed by atoms with Gasteiger partial charge in [0, 0.05) is 30.0 Å². The Labute approximate surface area is 144 Å². The molecule has 1 N–H and O–H groups in total. The van der Waals surface area contributed by atoms with Gasteiger partial charge in [-0.2, -0.15) is 0 Å². The summed E-state index contributed by atoms with van der Waals surface area (Å²) in [5, 5.41) is 10.1. The second-order valence-electron chi connectivity index (χ2n) is 8.17. The van der Waals surface area contributed by atoms with Gasteiger partial charge in [0.15, 0.2) is 0 Å². The van der Waals surface area contributed by atoms with Crippen LogP contribution in [0.3, 0.4) is 0 Å². The largest absolute Gasteiger partial charge is 0.497 e. The Balaban J connectivity index is 1.92. The zero-order chi connectivity index (χ0) is 17.1. The van der Waals surface area contributed by atoms with E-state index >= 15 is 0 Å². The van der Waals surface area contributed by atoms with E-state index in [0.29, 0.717) is 12.5 Å². The molecule has 0 fully saturated rings. The summed E-state index contributed by atoms with van der Waals surface area (Å²) in [6, 6.07) is 4.76. The van der Waals surface area contributed by atoms with E-state index in [4.69, 9.17) is 9.47 Å². The van der Waals surface area contributed by atoms with Crippen LogP contribution < -0.4 is 9.47 Å². The predicted molar refractivity (Wildman–Crippen MR) is 93.4 cm³/mol. The Kier molecular flexibility index (Phi) is 3.49. The lowest BCUT2D eigenvalue weighted by molar-refractivity contribution is -0.942. The first-order valence-corrected chi connectivity index (χ1v) is 8.98. The number of quaternary nitrogens is 1. The third-order valence-corrected chi connectivity index (χ3v) is 6.59. The van der Waals surface area contributed by atoms with Crippen molar-refractivity contribution in [1.29, 1.82) is 0 Å². The molecule has 3 aliphatic rings. The van der Waals surface area contributed by atoms with Crippen LogP contribution in [-0.4, -0.2) is 48.5 Å². The maximum atomic E-state index is 10.1. The lowest BCUT2D eigenvalue weighted by Gasteiger charge is -2.40. The number of hydrogen-bond acceptors (Lipinski definition) is 3. The topological polar surface area (TPSA) is 38.7 Å². The SMILES string of the molecule is COc1cc2c3c(c1)OC1CC(O)C=CC31CC[N+](C)(C(C)C)C2. The van der Waals surface area contributed by atoms with E-state index in [1.54, 1.807) is 7.11 Å². The van der Waals surface area contributed by atoms with Crippen molar-refractivity contribution in [1.82, 2.24) is 0 Å². The fourth-order valence-electron chi connectivity index (χ4n) is 4.68. The molecule has 4 nitrogen and oxygen atoms in total. The highest BCUT2D eigenvalue weighted by Crippen LogP contribution is 2.54. The molecule has 1 aliphatic carbocycles. The van der Waals surface area contributed by atoms with Crippen molar-refractivity contribution in [2.45, 2.75) is 56.9 Å². The molecule has 0 bridgehead atoms. The molecule has 0 saturated heterocycles. The maximum Gasteiger partial charge on any atom is 0.128 e. The second kappa shape index (κ2) is 5.24. The lowest BCUT2D eigenvalue weighted by Crippen LogP contribution is -2.50. The highest BCUT2D eigenvalue weighted by Gasteiger charge is 2.54. The van der Waals surface area contributed by atoms with E-state index < -0.39 is 6.10 Å². The molecule has 130 valence electrons. The minimum atomic E-state index is -0.408. The van der Waals surface area contributed by atoms with Gasteiger partial charge < -0.3 is 19.1 Å². The summed E-state index contributed by atoms with van der Waals surface area (Å²) in [5.41, 5.74) is 2.57. The molecule has 4 heteroatoms. The highest BCUT2D eigenvalue weighted by atomic mass is 16.5. The Bertz CT molecular complexity index is 698. The standard InChI is InChI=1S/C20H28NO3/c1-13(2)21(3)8-7-20-6-5-15(22)10-18(20)24-17-11-16(23-4)9-14(12-21)19(17)20/h5-6,9,11,13,15,18,22H,7-8,10,12H2,1-4H3/q+1. The number of methoxy groups -OCH3 is 1. The monoisotopic (exact) mass is 330 g/mol. The second-order valence-corrected chi connectivity index (χ2v) is 8.17. The molecule has 0 aromatic heterocycles. The number of aliphatic hydroxyl groups is 1. The quantitative estimate of drug-likeness (QED) is 0.669. The summed E-state index contributed by atoms with van der Waals surface area (Å²) in [6.45, 7) is 6.71. The van der Waals surface area contributed by atoms with Gasteiger partial charge in [0.1, 0.15) is 24.1 Å². The molecule has 4 atom stereocenters. The number of rotatable bonds is 2. The van der Waals surface area contributed by atoms with Crippen molar-refractivity contribution >= 4 is 0 Å². The fraction of sp³-hybridized carbons (Fsp3) is 0.600. The molecule has 2 aliphatic heterocycles. The molecule has 2 heterocycles. The van der Waals surface area contributed by atoms with Gasteiger partial charge in [-0.25, -0.2) is 0 Å². The van der Waals surface area contributed by atoms with Crippen molar-refractivity contribution < 1.29 is 19.1 Å². The van der Waals surface area contributed by atoms with Crippen LogP contribution in [0.1, 0.15) is 37.8 Å². The van der Waals surface area contributed by atoms with E-state index in [2.05, 4.69) is 33.0 Å². The Morgan fingerprint density at radius 3 is 2.88 bits per heavy atom. The molecule has 1 spiro atoms. The third-order valence-electron chi connectivity index (χ3n) is 6.59. The van der Waals surface area contributed by atoms with Gasteiger partial charge in [-0.1, -0.05) is 12.2 Å². The van der Waals surface area contributed by atoms with Crippen molar-refractivity contribution in [2.24, 2.45) is 0 Å². The van der Waals surface area contributed by atoms with Gasteiger partial charge in [-0.3, -0.25) is 0 Å². The molecule has 4 rings (SSSR count). The summed E-state index contributed by atoms with van der Waals surface area (Å²) < 4.78 is 12.9. The summed E-state index contributed by atoms with van der Waals surface area (Å²) in [6.07, 6.45) is 5.53. The smallest absolute Gasteiger partial charge is 0.128 e. The summed E-state index contributed by atoms with van der Waals surface area (Å²) >= 11 is 0. The predicted octanol–water partition coefficient (Wildman–Crippen LogP) is 2.77. The minimum Gasteiger partial charge on any atom is -0.497 e. The number of benzene rings is 1. The van der Waals surface area contributed by atoms with Crippen LogP contribution in [0.4, 0.5) is 0 Å². The van der Waals surface area contributed by atoms with E-state index in [1.807, 2.05) is 12.1 Å². The van der Waals surface area contributed by atoms with Crippen LogP contribution in [-0.2, 0) is 12.0 Å². The maximum absolute atomic E-state index is 10.1. The number of aliphatic hydroxyl groups excluding tert-OH is 1. The first-order valence-electron chi connectivity index (χ1n) is 8.98. The van der Waals surface area contributed by atoms with E-state index in [0.717, 1.165) is 35.5 Å². The van der Waals surface area contributed by atoms with Crippen LogP contribution in [0.2, 0.25) is 0 Å². The lowest BCUT2D eigenvalue weighted by atomic mass is 9.69. The zero-order valence-corrected chi connectivity index (χ0v) is 15.1. The Morgan fingerprint density at radius 2 is 2.17 bits per heavy atom. The molecule has 0 saturated carbocycles. The molecule has 0 radical (unpaired) electrons. The Hall–Kier alpha value is -1.52. The van der Waals surface area contributed by atoms with Crippen molar-refractivity contribution in [3.63, 3.8) is 0 Å². The molecular weight excluding hydrogens is 302 g/mol. The molecule has 1 aromatic carbocycles. The van der Waals surface area contributed by atoms with E-state index in [9.17, 15) is 5.11 Å². The molecular formula is C20H28NO3+. The first-order chi connectivity index (χ1) is 11.4. The van der Waals surface area contributed by atoms with Crippen LogP contribution in [0.5, 0.6) is 11.5 Å². The van der Waals surface area contributed by atoms with Crippen molar-refractivity contribution in [2.75, 3.05) is 20.7 Å². The highest BCUT2D eigenvalue weighted by molar-refractivity contribution is 5.57. The minimum absolute atomic E-state index is 0.0251. The average Bonchev–Trinajstić information content (AvgIpc) is 2.78. The summed E-state index contributed by atoms with van der Waals surface area (Å²) in [4.78, 5) is 0. The fourth-order valence-corrected chi connectivity index (χ4v) is 4.68. The number of hydrogen-bond donors (Lipinski definition) is 1. The van der Waals surface area contributed by atoms with Gasteiger partial charge in [-0.05, 0) is 19.9 Å². The number of ether oxygens (including phenoxy) is 2. The van der Waals surface area contributed by atoms with E-state index in [-0.39, 0.29) is 11.5 Å². The normalized spacial score (nSPS) is 36.8. The van der Waals surface area contributed by atoms with Gasteiger partial charge in [-0.15, -0.1) is 0 Å². The van der Waals surface area contributed by atoms with E-state index in [1.165, 1.54) is 11.1 Å². The Morgan fingerprint density at radius 1 is 1.38 bits per heavy atom. The molecule has 0 amide bonds. The summed E-state index contributed by atoms with van der Waals surface area (Å²) in [5.74, 6) is 1.81. The molecule has 1 aromatic rings. The summed E-state index contributed by atoms with van der Waals surface area (Å²) in [7, 11) is 4.06. The first kappa shape index (κ1) is 16.0. The van der Waals surface area contributed by atoms with Crippen molar-refractivity contribution in [3.05, 3.63) is 35.4 Å². The van der Waals surface area contributed by atoms with Gasteiger partial charge in [0.25, 0.3) is 0 Å². The zero-order valence-electron chi connectivity index (χ0n) is 15.1. The van der Waals surface area contributed by atoms with Gasteiger partial charge >= 0.3 is 0 Å². The van der Waals surface area contributed by atoms with Crippen LogP contribution in [0, 0.1) is 0 Å². The molecule has 4 unspecified atom stereocenters.